The number of benzene rings is 20. The molecule has 0 unspecified atom stereocenters. The van der Waals surface area contributed by atoms with Crippen molar-refractivity contribution in [2.45, 2.75) is 66.2 Å². The summed E-state index contributed by atoms with van der Waals surface area (Å²) in [5, 5.41) is 0. The third-order valence-electron chi connectivity index (χ3n) is 25.8. The van der Waals surface area contributed by atoms with E-state index in [2.05, 4.69) is 298 Å². The molecule has 20 aromatic rings. The largest absolute Gasteiger partial charge is 0.457 e. The van der Waals surface area contributed by atoms with Gasteiger partial charge in [0.1, 0.15) is 92.0 Å². The second kappa shape index (κ2) is 38.0. The highest BCUT2D eigenvalue weighted by atomic mass is 16.5. The van der Waals surface area contributed by atoms with E-state index >= 15 is 0 Å². The zero-order valence-electron chi connectivity index (χ0n) is 78.1. The third kappa shape index (κ3) is 18.5. The maximum absolute atomic E-state index is 6.56. The second-order valence-electron chi connectivity index (χ2n) is 36.1. The summed E-state index contributed by atoms with van der Waals surface area (Å²) in [6, 6.07) is 160. The highest BCUT2D eigenvalue weighted by Crippen LogP contribution is 2.61. The molecule has 0 atom stereocenters. The van der Waals surface area contributed by atoms with Crippen molar-refractivity contribution >= 4 is 0 Å². The normalized spacial score (nSPS) is 12.2. The van der Waals surface area contributed by atoms with Gasteiger partial charge >= 0.3 is 0 Å². The maximum atomic E-state index is 6.56. The van der Waals surface area contributed by atoms with Crippen LogP contribution in [0.4, 0.5) is 0 Å². The summed E-state index contributed by atoms with van der Waals surface area (Å²) in [7, 11) is 0. The first-order valence-electron chi connectivity index (χ1n) is 46.9. The van der Waals surface area contributed by atoms with E-state index in [0.717, 1.165) is 91.2 Å². The summed E-state index contributed by atoms with van der Waals surface area (Å²) in [5.41, 5.74) is 32.1. The van der Waals surface area contributed by atoms with Gasteiger partial charge in [-0.25, -0.2) is 0 Å². The topological polar surface area (TPSA) is 73.8 Å². The van der Waals surface area contributed by atoms with Crippen LogP contribution < -0.4 is 37.9 Å². The van der Waals surface area contributed by atoms with Crippen LogP contribution in [0.15, 0.2) is 461 Å². The molecular formula is C130H100O8. The number of aryl methyl sites for hydroxylation is 8. The SMILES string of the molecule is Cc1cc(C)cc(-c2ccc3c(c2)C(c2ccc(Oc4ccc(Oc5ccccc5)cc4)cc2)(c2ccc(Oc4ccc(Oc5ccccc5)cc4)cc2)c2cc(-c4cc(C)cc(C)c4)ccc2-3)c1.Cc1cc(C)cc(-c2ccc3c(c2)C(c2ccc(Oc4cccc(Oc5ccccc5)c4)cc2)(c2ccc(Oc4cccc(Oc5ccccc5)c4)cc2)c2cc(-c4cc(C)cc(C)c4)ccc2-3)c1. The van der Waals surface area contributed by atoms with Gasteiger partial charge < -0.3 is 37.9 Å². The van der Waals surface area contributed by atoms with Gasteiger partial charge in [-0.3, -0.25) is 0 Å². The first-order valence-corrected chi connectivity index (χ1v) is 46.9. The molecule has 0 saturated heterocycles. The van der Waals surface area contributed by atoms with E-state index in [1.807, 2.05) is 218 Å². The molecular weight excluding hydrogens is 1690 g/mol. The van der Waals surface area contributed by atoms with Gasteiger partial charge in [0.05, 0.1) is 10.8 Å². The molecule has 0 bridgehead atoms. The van der Waals surface area contributed by atoms with Gasteiger partial charge in [0.15, 0.2) is 0 Å². The molecule has 0 N–H and O–H groups in total. The first-order chi connectivity index (χ1) is 67.5. The molecule has 0 spiro atoms. The smallest absolute Gasteiger partial charge is 0.131 e. The van der Waals surface area contributed by atoms with Crippen LogP contribution in [-0.2, 0) is 10.8 Å². The molecule has 0 aliphatic heterocycles. The van der Waals surface area contributed by atoms with Crippen LogP contribution in [0.5, 0.6) is 92.0 Å². The van der Waals surface area contributed by atoms with Gasteiger partial charge in [-0.05, 0) is 361 Å². The Morgan fingerprint density at radius 2 is 0.283 bits per heavy atom. The van der Waals surface area contributed by atoms with Crippen molar-refractivity contribution in [3.05, 3.63) is 550 Å². The van der Waals surface area contributed by atoms with E-state index in [0.29, 0.717) is 23.0 Å². The van der Waals surface area contributed by atoms with E-state index in [4.69, 9.17) is 37.9 Å². The number of para-hydroxylation sites is 4. The van der Waals surface area contributed by atoms with Gasteiger partial charge in [0.2, 0.25) is 0 Å². The van der Waals surface area contributed by atoms with Crippen molar-refractivity contribution in [1.82, 2.24) is 0 Å². The molecule has 2 aliphatic carbocycles. The molecule has 0 radical (unpaired) electrons. The predicted octanol–water partition coefficient (Wildman–Crippen LogP) is 35.6. The van der Waals surface area contributed by atoms with Crippen molar-refractivity contribution in [2.75, 3.05) is 0 Å². The lowest BCUT2D eigenvalue weighted by Gasteiger charge is -2.34. The Labute approximate surface area is 807 Å². The first kappa shape index (κ1) is 87.5. The molecule has 0 amide bonds. The number of rotatable bonds is 24. The minimum Gasteiger partial charge on any atom is -0.457 e. The fourth-order valence-electron chi connectivity index (χ4n) is 20.0. The molecule has 2 aliphatic rings. The Bertz CT molecular complexity index is 7280. The number of hydrogen-bond acceptors (Lipinski definition) is 8. The zero-order chi connectivity index (χ0) is 93.8. The lowest BCUT2D eigenvalue weighted by atomic mass is 9.67. The van der Waals surface area contributed by atoms with E-state index in [9.17, 15) is 0 Å². The third-order valence-corrected chi connectivity index (χ3v) is 25.8. The molecule has 0 saturated carbocycles. The van der Waals surface area contributed by atoms with Crippen LogP contribution in [0.2, 0.25) is 0 Å². The minimum atomic E-state index is -0.738. The predicted molar refractivity (Wildman–Crippen MR) is 559 cm³/mol. The molecule has 20 aromatic carbocycles. The Morgan fingerprint density at radius 1 is 0.123 bits per heavy atom. The van der Waals surface area contributed by atoms with Crippen LogP contribution in [0.3, 0.4) is 0 Å². The lowest BCUT2D eigenvalue weighted by molar-refractivity contribution is 0.460. The van der Waals surface area contributed by atoms with Crippen molar-refractivity contribution in [3.63, 3.8) is 0 Å². The standard InChI is InChI=1S/2C65H50O4/c1-43-33-44(2)36-49(35-43)47-21-31-61-62-32-22-48(50-37-45(3)34-46(4)38-50)40-64(62)65(63(61)39-47,51-23-27-55(28-24-51)68-59-19-11-17-57(41-59)66-53-13-7-5-8-14-53)52-25-29-56(30-26-52)69-60-20-12-18-58(42-60)67-54-15-9-6-10-16-54;1-43-35-44(2)38-49(37-43)47-15-33-61-62-34-16-48(50-39-45(3)36-46(4)40-50)42-64(62)65(63(61)41-47,51-17-21-55(22-18-51)68-59-29-25-57(26-30-59)66-53-11-7-5-8-12-53)52-19-23-56(24-20-52)69-60-31-27-58(28-32-60)67-54-13-9-6-10-14-54/h2*5-42H,1-4H3. The Hall–Kier alpha value is -17.2. The lowest BCUT2D eigenvalue weighted by Crippen LogP contribution is -2.28. The summed E-state index contributed by atoms with van der Waals surface area (Å²) in [6.45, 7) is 17.4. The van der Waals surface area contributed by atoms with Crippen molar-refractivity contribution in [2.24, 2.45) is 0 Å². The fourth-order valence-corrected chi connectivity index (χ4v) is 20.0. The average molecular weight is 1790 g/mol. The van der Waals surface area contributed by atoms with Crippen molar-refractivity contribution in [1.29, 1.82) is 0 Å². The van der Waals surface area contributed by atoms with Gasteiger partial charge in [-0.15, -0.1) is 0 Å². The van der Waals surface area contributed by atoms with Crippen LogP contribution in [-0.4, -0.2) is 0 Å². The maximum Gasteiger partial charge on any atom is 0.131 e. The summed E-state index contributed by atoms with van der Waals surface area (Å²) in [6.07, 6.45) is 0. The fraction of sp³-hybridized carbons (Fsp3) is 0.0769. The van der Waals surface area contributed by atoms with Crippen LogP contribution in [0.25, 0.3) is 66.8 Å². The molecule has 22 rings (SSSR count). The van der Waals surface area contributed by atoms with Crippen LogP contribution >= 0.6 is 0 Å². The van der Waals surface area contributed by atoms with Gasteiger partial charge in [0, 0.05) is 12.1 Å². The van der Waals surface area contributed by atoms with E-state index in [1.165, 1.54) is 134 Å². The summed E-state index contributed by atoms with van der Waals surface area (Å²) < 4.78 is 50.6. The van der Waals surface area contributed by atoms with Crippen molar-refractivity contribution in [3.8, 4) is 159 Å². The summed E-state index contributed by atoms with van der Waals surface area (Å²) >= 11 is 0. The van der Waals surface area contributed by atoms with Crippen LogP contribution in [0, 0.1) is 55.4 Å². The van der Waals surface area contributed by atoms with E-state index in [1.54, 1.807) is 0 Å². The van der Waals surface area contributed by atoms with Gasteiger partial charge in [-0.1, -0.05) is 299 Å². The molecule has 138 heavy (non-hydrogen) atoms. The van der Waals surface area contributed by atoms with Gasteiger partial charge in [-0.2, -0.15) is 0 Å². The molecule has 8 heteroatoms. The Balaban J connectivity index is 0.000000164. The summed E-state index contributed by atoms with van der Waals surface area (Å²) in [5.74, 6) is 11.7. The highest BCUT2D eigenvalue weighted by Gasteiger charge is 2.49. The Kier molecular flexibility index (Phi) is 24.1. The molecule has 8 nitrogen and oxygen atoms in total. The number of ether oxygens (including phenoxy) is 8. The average Bonchev–Trinajstić information content (AvgIpc) is 1.53. The van der Waals surface area contributed by atoms with E-state index < -0.39 is 10.8 Å². The highest BCUT2D eigenvalue weighted by molar-refractivity contribution is 5.93. The van der Waals surface area contributed by atoms with Crippen LogP contribution in [0.1, 0.15) is 89.0 Å². The monoisotopic (exact) mass is 1790 g/mol. The number of fused-ring (bicyclic) bond motifs is 6. The zero-order valence-corrected chi connectivity index (χ0v) is 78.1. The minimum absolute atomic E-state index is 0.686. The summed E-state index contributed by atoms with van der Waals surface area (Å²) in [4.78, 5) is 0. The molecule has 0 fully saturated rings. The molecule has 668 valence electrons. The van der Waals surface area contributed by atoms with Crippen molar-refractivity contribution < 1.29 is 37.9 Å². The number of hydrogen-bond donors (Lipinski definition) is 0. The molecule has 0 aromatic heterocycles. The van der Waals surface area contributed by atoms with Gasteiger partial charge in [0.25, 0.3) is 0 Å². The quantitative estimate of drug-likeness (QED) is 0.0592. The van der Waals surface area contributed by atoms with E-state index in [-0.39, 0.29) is 0 Å². The second-order valence-corrected chi connectivity index (χ2v) is 36.1. The molecule has 0 heterocycles. The Morgan fingerprint density at radius 3 is 0.471 bits per heavy atom.